The summed E-state index contributed by atoms with van der Waals surface area (Å²) in [5, 5.41) is 0.715. The van der Waals surface area contributed by atoms with Crippen molar-refractivity contribution in [2.75, 3.05) is 0 Å². The second-order valence-corrected chi connectivity index (χ2v) is 3.92. The van der Waals surface area contributed by atoms with Crippen LogP contribution in [0.2, 0.25) is 5.02 Å². The van der Waals surface area contributed by atoms with Gasteiger partial charge in [-0.2, -0.15) is 0 Å². The highest BCUT2D eigenvalue weighted by Crippen LogP contribution is 2.27. The molecule has 1 atom stereocenters. The SMILES string of the molecule is O=C1C=CCCC1c1ccc(Cl)cc1. The fourth-order valence-electron chi connectivity index (χ4n) is 1.75. The zero-order valence-corrected chi connectivity index (χ0v) is 8.50. The van der Waals surface area contributed by atoms with Crippen LogP contribution in [0.1, 0.15) is 24.3 Å². The molecule has 0 aromatic heterocycles. The highest BCUT2D eigenvalue weighted by molar-refractivity contribution is 6.30. The van der Waals surface area contributed by atoms with Crippen LogP contribution in [0, 0.1) is 0 Å². The number of hydrogen-bond donors (Lipinski definition) is 0. The van der Waals surface area contributed by atoms with Gasteiger partial charge in [0.1, 0.15) is 0 Å². The maximum atomic E-state index is 11.6. The van der Waals surface area contributed by atoms with Gasteiger partial charge in [-0.15, -0.1) is 0 Å². The molecule has 1 unspecified atom stereocenters. The first-order valence-corrected chi connectivity index (χ1v) is 5.11. The molecule has 0 saturated carbocycles. The van der Waals surface area contributed by atoms with Crippen LogP contribution in [0.4, 0.5) is 0 Å². The van der Waals surface area contributed by atoms with Crippen LogP contribution in [0.3, 0.4) is 0 Å². The van der Waals surface area contributed by atoms with Crippen molar-refractivity contribution in [2.45, 2.75) is 18.8 Å². The number of hydrogen-bond acceptors (Lipinski definition) is 1. The highest BCUT2D eigenvalue weighted by Gasteiger charge is 2.19. The van der Waals surface area contributed by atoms with Crippen LogP contribution in [-0.2, 0) is 4.79 Å². The summed E-state index contributed by atoms with van der Waals surface area (Å²) in [6.45, 7) is 0. The molecule has 1 nitrogen and oxygen atoms in total. The van der Waals surface area contributed by atoms with Crippen LogP contribution in [0.5, 0.6) is 0 Å². The molecular weight excluding hydrogens is 196 g/mol. The standard InChI is InChI=1S/C12H11ClO/c13-10-7-5-9(6-8-10)11-3-1-2-4-12(11)14/h2,4-8,11H,1,3H2. The topological polar surface area (TPSA) is 17.1 Å². The monoisotopic (exact) mass is 206 g/mol. The van der Waals surface area contributed by atoms with Gasteiger partial charge >= 0.3 is 0 Å². The molecule has 2 rings (SSSR count). The fourth-order valence-corrected chi connectivity index (χ4v) is 1.87. The van der Waals surface area contributed by atoms with E-state index in [1.54, 1.807) is 6.08 Å². The van der Waals surface area contributed by atoms with E-state index >= 15 is 0 Å². The Labute approximate surface area is 88.4 Å². The molecule has 0 heterocycles. The molecule has 1 aromatic carbocycles. The van der Waals surface area contributed by atoms with Gasteiger partial charge in [0, 0.05) is 10.9 Å². The lowest BCUT2D eigenvalue weighted by Gasteiger charge is -2.16. The van der Waals surface area contributed by atoms with E-state index < -0.39 is 0 Å². The van der Waals surface area contributed by atoms with Gasteiger partial charge in [0.25, 0.3) is 0 Å². The molecule has 0 spiro atoms. The van der Waals surface area contributed by atoms with Gasteiger partial charge in [0.2, 0.25) is 0 Å². The lowest BCUT2D eigenvalue weighted by molar-refractivity contribution is -0.116. The minimum absolute atomic E-state index is 0.0391. The molecule has 0 saturated heterocycles. The van der Waals surface area contributed by atoms with Gasteiger partial charge in [-0.05, 0) is 36.6 Å². The van der Waals surface area contributed by atoms with Gasteiger partial charge in [-0.1, -0.05) is 29.8 Å². The van der Waals surface area contributed by atoms with Gasteiger partial charge in [-0.3, -0.25) is 4.79 Å². The first-order chi connectivity index (χ1) is 6.77. The summed E-state index contributed by atoms with van der Waals surface area (Å²) in [6, 6.07) is 7.54. The Morgan fingerprint density at radius 1 is 1.21 bits per heavy atom. The maximum absolute atomic E-state index is 11.6. The summed E-state index contributed by atoms with van der Waals surface area (Å²) in [4.78, 5) is 11.6. The Bertz CT molecular complexity index is 364. The second kappa shape index (κ2) is 3.97. The molecule has 1 aromatic rings. The molecule has 0 radical (unpaired) electrons. The average molecular weight is 207 g/mol. The predicted molar refractivity (Wildman–Crippen MR) is 57.6 cm³/mol. The maximum Gasteiger partial charge on any atom is 0.162 e. The summed E-state index contributed by atoms with van der Waals surface area (Å²) < 4.78 is 0. The van der Waals surface area contributed by atoms with E-state index in [9.17, 15) is 4.79 Å². The lowest BCUT2D eigenvalue weighted by atomic mass is 9.87. The van der Waals surface area contributed by atoms with E-state index in [1.807, 2.05) is 30.3 Å². The largest absolute Gasteiger partial charge is 0.294 e. The molecule has 14 heavy (non-hydrogen) atoms. The molecule has 1 aliphatic rings. The summed E-state index contributed by atoms with van der Waals surface area (Å²) in [6.07, 6.45) is 5.52. The third-order valence-electron chi connectivity index (χ3n) is 2.52. The van der Waals surface area contributed by atoms with Crippen LogP contribution in [-0.4, -0.2) is 5.78 Å². The third-order valence-corrected chi connectivity index (χ3v) is 2.77. The van der Waals surface area contributed by atoms with Gasteiger partial charge in [-0.25, -0.2) is 0 Å². The smallest absolute Gasteiger partial charge is 0.162 e. The number of rotatable bonds is 1. The molecular formula is C12H11ClO. The van der Waals surface area contributed by atoms with E-state index in [0.717, 1.165) is 18.4 Å². The van der Waals surface area contributed by atoms with Gasteiger partial charge in [0.05, 0.1) is 0 Å². The molecule has 1 aliphatic carbocycles. The third kappa shape index (κ3) is 1.88. The Morgan fingerprint density at radius 3 is 2.57 bits per heavy atom. The Hall–Kier alpha value is -1.08. The van der Waals surface area contributed by atoms with Crippen molar-refractivity contribution in [1.29, 1.82) is 0 Å². The molecule has 0 fully saturated rings. The number of allylic oxidation sites excluding steroid dienone is 2. The Kier molecular flexibility index (Phi) is 2.69. The highest BCUT2D eigenvalue weighted by atomic mass is 35.5. The van der Waals surface area contributed by atoms with Crippen molar-refractivity contribution in [3.05, 3.63) is 47.0 Å². The minimum Gasteiger partial charge on any atom is -0.294 e. The number of benzene rings is 1. The summed E-state index contributed by atoms with van der Waals surface area (Å²) in [5.74, 6) is 0.246. The van der Waals surface area contributed by atoms with E-state index in [0.29, 0.717) is 5.02 Å². The van der Waals surface area contributed by atoms with Gasteiger partial charge in [0.15, 0.2) is 5.78 Å². The summed E-state index contributed by atoms with van der Waals surface area (Å²) in [7, 11) is 0. The van der Waals surface area contributed by atoms with Crippen LogP contribution in [0.15, 0.2) is 36.4 Å². The van der Waals surface area contributed by atoms with Gasteiger partial charge < -0.3 is 0 Å². The van der Waals surface area contributed by atoms with E-state index in [2.05, 4.69) is 0 Å². The number of ketones is 1. The van der Waals surface area contributed by atoms with Crippen molar-refractivity contribution in [3.63, 3.8) is 0 Å². The first kappa shape index (κ1) is 9.47. The van der Waals surface area contributed by atoms with Crippen molar-refractivity contribution < 1.29 is 4.79 Å². The quantitative estimate of drug-likeness (QED) is 0.689. The van der Waals surface area contributed by atoms with Crippen molar-refractivity contribution in [2.24, 2.45) is 0 Å². The second-order valence-electron chi connectivity index (χ2n) is 3.49. The van der Waals surface area contributed by atoms with Crippen LogP contribution < -0.4 is 0 Å². The van der Waals surface area contributed by atoms with Crippen molar-refractivity contribution in [3.8, 4) is 0 Å². The van der Waals surface area contributed by atoms with Crippen molar-refractivity contribution in [1.82, 2.24) is 0 Å². The lowest BCUT2D eigenvalue weighted by Crippen LogP contribution is -2.12. The zero-order chi connectivity index (χ0) is 9.97. The molecule has 72 valence electrons. The number of halogens is 1. The molecule has 2 heteroatoms. The normalized spacial score (nSPS) is 21.2. The minimum atomic E-state index is 0.0391. The van der Waals surface area contributed by atoms with E-state index in [4.69, 9.17) is 11.6 Å². The Morgan fingerprint density at radius 2 is 1.93 bits per heavy atom. The summed E-state index contributed by atoms with van der Waals surface area (Å²) in [5.41, 5.74) is 1.07. The molecule has 0 bridgehead atoms. The predicted octanol–water partition coefficient (Wildman–Crippen LogP) is 3.34. The Balaban J connectivity index is 2.26. The number of carbonyl (C=O) groups is 1. The van der Waals surface area contributed by atoms with E-state index in [-0.39, 0.29) is 11.7 Å². The fraction of sp³-hybridized carbons (Fsp3) is 0.250. The zero-order valence-electron chi connectivity index (χ0n) is 7.74. The van der Waals surface area contributed by atoms with Crippen LogP contribution in [0.25, 0.3) is 0 Å². The van der Waals surface area contributed by atoms with E-state index in [1.165, 1.54) is 0 Å². The molecule has 0 amide bonds. The average Bonchev–Trinajstić information content (AvgIpc) is 2.20. The molecule has 0 aliphatic heterocycles. The van der Waals surface area contributed by atoms with Crippen LogP contribution >= 0.6 is 11.6 Å². The van der Waals surface area contributed by atoms with Crippen molar-refractivity contribution >= 4 is 17.4 Å². The first-order valence-electron chi connectivity index (χ1n) is 4.73. The molecule has 0 N–H and O–H groups in total. The summed E-state index contributed by atoms with van der Waals surface area (Å²) >= 11 is 5.79. The number of carbonyl (C=O) groups excluding carboxylic acids is 1.